The first kappa shape index (κ1) is 33.3. The van der Waals surface area contributed by atoms with E-state index >= 15 is 0 Å². The Morgan fingerprint density at radius 1 is 0.979 bits per heavy atom. The van der Waals surface area contributed by atoms with Crippen LogP contribution in [-0.4, -0.2) is 77.4 Å². The van der Waals surface area contributed by atoms with E-state index in [1.807, 2.05) is 11.0 Å². The second-order valence-electron chi connectivity index (χ2n) is 13.2. The molecule has 0 radical (unpaired) electrons. The summed E-state index contributed by atoms with van der Waals surface area (Å²) >= 11 is 0. The molecule has 256 valence electrons. The van der Waals surface area contributed by atoms with E-state index in [4.69, 9.17) is 15.2 Å². The van der Waals surface area contributed by atoms with Gasteiger partial charge in [-0.1, -0.05) is 6.92 Å². The molecule has 47 heavy (non-hydrogen) atoms. The van der Waals surface area contributed by atoms with Crippen molar-refractivity contribution in [2.45, 2.75) is 70.3 Å². The number of anilines is 4. The Morgan fingerprint density at radius 2 is 1.64 bits per heavy atom. The lowest BCUT2D eigenvalue weighted by Gasteiger charge is -2.35. The van der Waals surface area contributed by atoms with Crippen LogP contribution in [0.25, 0.3) is 0 Å². The van der Waals surface area contributed by atoms with Crippen molar-refractivity contribution in [3.63, 3.8) is 0 Å². The third-order valence-corrected chi connectivity index (χ3v) is 11.1. The number of piperidine rings is 2. The maximum absolute atomic E-state index is 13.9. The van der Waals surface area contributed by atoms with E-state index < -0.39 is 33.7 Å². The molecule has 4 N–H and O–H groups in total. The maximum Gasteiger partial charge on any atom is 0.322 e. The van der Waals surface area contributed by atoms with E-state index in [-0.39, 0.29) is 38.4 Å². The summed E-state index contributed by atoms with van der Waals surface area (Å²) in [4.78, 5) is 29.8. The van der Waals surface area contributed by atoms with Crippen molar-refractivity contribution in [2.75, 3.05) is 65.0 Å². The van der Waals surface area contributed by atoms with Crippen molar-refractivity contribution in [3.05, 3.63) is 41.5 Å². The summed E-state index contributed by atoms with van der Waals surface area (Å²) in [5.74, 6) is -3.48. The summed E-state index contributed by atoms with van der Waals surface area (Å²) in [6.45, 7) is 3.74. The van der Waals surface area contributed by atoms with Crippen LogP contribution >= 0.6 is 0 Å². The molecular formula is C33H43F2N5O6S. The van der Waals surface area contributed by atoms with E-state index in [2.05, 4.69) is 14.9 Å². The number of halogens is 2. The molecule has 0 bridgehead atoms. The van der Waals surface area contributed by atoms with Crippen molar-refractivity contribution >= 4 is 44.6 Å². The lowest BCUT2D eigenvalue weighted by atomic mass is 9.93. The second-order valence-corrected chi connectivity index (χ2v) is 15.0. The highest BCUT2D eigenvalue weighted by Crippen LogP contribution is 2.54. The van der Waals surface area contributed by atoms with Gasteiger partial charge >= 0.3 is 5.97 Å². The fourth-order valence-corrected chi connectivity index (χ4v) is 7.46. The molecule has 1 spiro atoms. The fourth-order valence-electron chi connectivity index (χ4n) is 6.57. The van der Waals surface area contributed by atoms with E-state index in [0.29, 0.717) is 58.9 Å². The lowest BCUT2D eigenvalue weighted by Crippen LogP contribution is -2.39. The molecule has 11 nitrogen and oxygen atoms in total. The molecule has 1 atom stereocenters. The molecule has 0 unspecified atom stereocenters. The number of benzene rings is 2. The topological polar surface area (TPSA) is 143 Å². The molecule has 1 aliphatic carbocycles. The van der Waals surface area contributed by atoms with Crippen LogP contribution in [0.15, 0.2) is 30.3 Å². The summed E-state index contributed by atoms with van der Waals surface area (Å²) in [5, 5.41) is 3.02. The van der Waals surface area contributed by atoms with Crippen LogP contribution in [0.4, 0.5) is 31.5 Å². The van der Waals surface area contributed by atoms with E-state index in [1.165, 1.54) is 18.9 Å². The number of carbonyl (C=O) groups excluding carboxylic acids is 2. The first-order valence-electron chi connectivity index (χ1n) is 16.4. The van der Waals surface area contributed by atoms with Crippen LogP contribution in [0.2, 0.25) is 0 Å². The van der Waals surface area contributed by atoms with Gasteiger partial charge in [0.05, 0.1) is 29.2 Å². The maximum atomic E-state index is 13.9. The minimum Gasteiger partial charge on any atom is -0.491 e. The van der Waals surface area contributed by atoms with Gasteiger partial charge in [0, 0.05) is 56.7 Å². The molecule has 2 aromatic rings. The Balaban J connectivity index is 1.21. The molecule has 1 amide bonds. The van der Waals surface area contributed by atoms with Gasteiger partial charge in [0.25, 0.3) is 11.8 Å². The van der Waals surface area contributed by atoms with E-state index in [9.17, 15) is 26.8 Å². The number of carbonyl (C=O) groups is 2. The number of alkyl halides is 2. The summed E-state index contributed by atoms with van der Waals surface area (Å²) in [5.41, 5.74) is 9.47. The lowest BCUT2D eigenvalue weighted by molar-refractivity contribution is -0.144. The molecule has 1 saturated carbocycles. The minimum absolute atomic E-state index is 0.187. The van der Waals surface area contributed by atoms with Gasteiger partial charge in [-0.3, -0.25) is 14.3 Å². The van der Waals surface area contributed by atoms with E-state index in [1.54, 1.807) is 25.1 Å². The number of fused-ring (bicyclic) bond motifs is 1. The van der Waals surface area contributed by atoms with Crippen LogP contribution in [0, 0.1) is 5.41 Å². The van der Waals surface area contributed by atoms with Crippen molar-refractivity contribution in [2.24, 2.45) is 11.1 Å². The third-order valence-electron chi connectivity index (χ3n) is 9.83. The average Bonchev–Trinajstić information content (AvgIpc) is 3.61. The molecule has 3 fully saturated rings. The average molecular weight is 676 g/mol. The SMILES string of the molecule is CC[C@@H](N)C(=O)OCCS(=O)(=O)Nc1ccc(C(=O)Nc2cc3c(c(N4CCC(F)(F)CC4)c2)OCC3)c(N2CCC3(CC2)CC3)c1. The number of hydrogen-bond donors (Lipinski definition) is 3. The molecular weight excluding hydrogens is 632 g/mol. The van der Waals surface area contributed by atoms with Gasteiger partial charge in [-0.05, 0) is 67.9 Å². The number of hydrogen-bond acceptors (Lipinski definition) is 9. The third kappa shape index (κ3) is 7.75. The van der Waals surface area contributed by atoms with Crippen LogP contribution < -0.4 is 30.3 Å². The number of nitrogens with zero attached hydrogens (tertiary/aromatic N) is 2. The Bertz CT molecular complexity index is 1610. The number of nitrogens with two attached hydrogens (primary N) is 1. The van der Waals surface area contributed by atoms with Crippen molar-refractivity contribution < 1.29 is 36.3 Å². The number of nitrogens with one attached hydrogen (secondary N) is 2. The number of amides is 1. The van der Waals surface area contributed by atoms with Crippen LogP contribution in [0.3, 0.4) is 0 Å². The molecule has 6 rings (SSSR count). The summed E-state index contributed by atoms with van der Waals surface area (Å²) in [6, 6.07) is 7.66. The normalized spacial score (nSPS) is 20.3. The first-order valence-corrected chi connectivity index (χ1v) is 18.1. The van der Waals surface area contributed by atoms with Gasteiger partial charge in [-0.2, -0.15) is 0 Å². The molecule has 3 heterocycles. The number of sulfonamides is 1. The van der Waals surface area contributed by atoms with Crippen LogP contribution in [-0.2, 0) is 26.0 Å². The largest absolute Gasteiger partial charge is 0.491 e. The highest BCUT2D eigenvalue weighted by molar-refractivity contribution is 7.92. The van der Waals surface area contributed by atoms with Crippen molar-refractivity contribution in [3.8, 4) is 5.75 Å². The number of ether oxygens (including phenoxy) is 2. The standard InChI is InChI=1S/C33H43F2N5O6S/c1-2-26(36)31(42)46-17-18-47(43,44)38-23-3-4-25(27(20-23)39-12-8-32(6-7-32)9-13-39)30(41)37-24-19-22-5-16-45-29(22)28(21-24)40-14-10-33(34,35)11-15-40/h3-4,19-21,26,38H,2,5-18,36H2,1H3,(H,37,41)/t26-/m1/s1. The summed E-state index contributed by atoms with van der Waals surface area (Å²) < 4.78 is 67.0. The van der Waals surface area contributed by atoms with Crippen LogP contribution in [0.1, 0.15) is 67.8 Å². The monoisotopic (exact) mass is 675 g/mol. The molecule has 2 saturated heterocycles. The minimum atomic E-state index is -3.88. The Labute approximate surface area is 274 Å². The zero-order chi connectivity index (χ0) is 33.4. The smallest absolute Gasteiger partial charge is 0.322 e. The summed E-state index contributed by atoms with van der Waals surface area (Å²) in [6.07, 6.45) is 4.96. The Kier molecular flexibility index (Phi) is 9.27. The molecule has 0 aromatic heterocycles. The highest BCUT2D eigenvalue weighted by Gasteiger charge is 2.44. The molecule has 4 aliphatic rings. The van der Waals surface area contributed by atoms with Crippen molar-refractivity contribution in [1.29, 1.82) is 0 Å². The highest BCUT2D eigenvalue weighted by atomic mass is 32.2. The van der Waals surface area contributed by atoms with Crippen LogP contribution in [0.5, 0.6) is 5.75 Å². The van der Waals surface area contributed by atoms with E-state index in [0.717, 1.165) is 31.5 Å². The van der Waals surface area contributed by atoms with Gasteiger partial charge in [0.15, 0.2) is 0 Å². The second kappa shape index (κ2) is 13.1. The fraction of sp³-hybridized carbons (Fsp3) is 0.576. The molecule has 2 aromatic carbocycles. The van der Waals surface area contributed by atoms with Gasteiger partial charge < -0.3 is 30.3 Å². The molecule has 14 heteroatoms. The zero-order valence-corrected chi connectivity index (χ0v) is 27.5. The van der Waals surface area contributed by atoms with Gasteiger partial charge in [0.1, 0.15) is 24.2 Å². The number of rotatable bonds is 11. The van der Waals surface area contributed by atoms with Gasteiger partial charge in [-0.15, -0.1) is 0 Å². The predicted octanol–water partition coefficient (Wildman–Crippen LogP) is 4.51. The van der Waals surface area contributed by atoms with Crippen molar-refractivity contribution in [1.82, 2.24) is 0 Å². The first-order chi connectivity index (χ1) is 22.4. The number of esters is 1. The van der Waals surface area contributed by atoms with Gasteiger partial charge in [0.2, 0.25) is 10.0 Å². The zero-order valence-electron chi connectivity index (χ0n) is 26.7. The quantitative estimate of drug-likeness (QED) is 0.293. The van der Waals surface area contributed by atoms with Gasteiger partial charge in [-0.25, -0.2) is 17.2 Å². The Hall–Kier alpha value is -3.65. The Morgan fingerprint density at radius 3 is 2.32 bits per heavy atom. The summed E-state index contributed by atoms with van der Waals surface area (Å²) in [7, 11) is -3.88. The predicted molar refractivity (Wildman–Crippen MR) is 176 cm³/mol. The molecule has 3 aliphatic heterocycles.